The van der Waals surface area contributed by atoms with Crippen LogP contribution in [0.5, 0.6) is 11.5 Å². The molecule has 0 atom stereocenters. The van der Waals surface area contributed by atoms with Crippen LogP contribution in [0.4, 0.5) is 17.1 Å². The lowest BCUT2D eigenvalue weighted by atomic mass is 10.1. The van der Waals surface area contributed by atoms with E-state index in [4.69, 9.17) is 18.9 Å². The van der Waals surface area contributed by atoms with Crippen molar-refractivity contribution < 1.29 is 23.7 Å². The van der Waals surface area contributed by atoms with Crippen LogP contribution in [0.25, 0.3) is 6.08 Å². The molecule has 2 heterocycles. The van der Waals surface area contributed by atoms with Gasteiger partial charge in [0.15, 0.2) is 11.5 Å². The molecular formula is C28H37N3O5. The van der Waals surface area contributed by atoms with Gasteiger partial charge in [0.25, 0.3) is 0 Å². The Morgan fingerprint density at radius 3 is 2.39 bits per heavy atom. The first-order valence-electron chi connectivity index (χ1n) is 12.8. The molecule has 0 aliphatic carbocycles. The van der Waals surface area contributed by atoms with Crippen LogP contribution in [0.1, 0.15) is 25.3 Å². The van der Waals surface area contributed by atoms with Crippen molar-refractivity contribution in [2.24, 2.45) is 0 Å². The summed E-state index contributed by atoms with van der Waals surface area (Å²) in [6, 6.07) is 11.9. The van der Waals surface area contributed by atoms with E-state index in [1.54, 1.807) is 19.3 Å². The lowest BCUT2D eigenvalue weighted by Crippen LogP contribution is -2.38. The van der Waals surface area contributed by atoms with Gasteiger partial charge in [-0.25, -0.2) is 0 Å². The quantitative estimate of drug-likeness (QED) is 0.391. The Hall–Kier alpha value is -3.23. The van der Waals surface area contributed by atoms with Crippen LogP contribution in [0, 0.1) is 0 Å². The van der Waals surface area contributed by atoms with Crippen molar-refractivity contribution in [2.75, 3.05) is 81.4 Å². The number of amides is 1. The molecule has 2 aliphatic heterocycles. The number of nitrogens with one attached hydrogen (secondary N) is 1. The number of rotatable bonds is 10. The summed E-state index contributed by atoms with van der Waals surface area (Å²) >= 11 is 0. The van der Waals surface area contributed by atoms with Gasteiger partial charge in [0.2, 0.25) is 5.91 Å². The molecule has 1 amide bonds. The predicted molar refractivity (Wildman–Crippen MR) is 144 cm³/mol. The van der Waals surface area contributed by atoms with Gasteiger partial charge < -0.3 is 34.1 Å². The second-order valence-corrected chi connectivity index (χ2v) is 8.84. The van der Waals surface area contributed by atoms with E-state index in [0.29, 0.717) is 31.3 Å². The average Bonchev–Trinajstić information content (AvgIpc) is 2.93. The van der Waals surface area contributed by atoms with E-state index in [2.05, 4.69) is 34.2 Å². The van der Waals surface area contributed by atoms with Crippen molar-refractivity contribution >= 4 is 29.0 Å². The van der Waals surface area contributed by atoms with Gasteiger partial charge in [-0.2, -0.15) is 0 Å². The maximum atomic E-state index is 12.9. The summed E-state index contributed by atoms with van der Waals surface area (Å²) in [6.45, 7) is 8.90. The zero-order chi connectivity index (χ0) is 25.2. The summed E-state index contributed by atoms with van der Waals surface area (Å²) in [4.78, 5) is 17.5. The van der Waals surface area contributed by atoms with Crippen molar-refractivity contribution in [1.29, 1.82) is 0 Å². The Labute approximate surface area is 213 Å². The number of nitrogens with zero attached hydrogens (tertiary/aromatic N) is 2. The van der Waals surface area contributed by atoms with Crippen molar-refractivity contribution in [2.45, 2.75) is 19.8 Å². The molecule has 2 saturated heterocycles. The summed E-state index contributed by atoms with van der Waals surface area (Å²) in [7, 11) is 1.62. The first-order chi connectivity index (χ1) is 17.7. The number of anilines is 3. The fourth-order valence-electron chi connectivity index (χ4n) is 4.29. The second-order valence-electron chi connectivity index (χ2n) is 8.84. The highest BCUT2D eigenvalue weighted by molar-refractivity contribution is 6.04. The minimum atomic E-state index is -0.189. The van der Waals surface area contributed by atoms with Gasteiger partial charge in [-0.1, -0.05) is 19.4 Å². The molecule has 36 heavy (non-hydrogen) atoms. The van der Waals surface area contributed by atoms with Gasteiger partial charge in [-0.15, -0.1) is 0 Å². The highest BCUT2D eigenvalue weighted by atomic mass is 16.5. The molecule has 2 aliphatic rings. The lowest BCUT2D eigenvalue weighted by molar-refractivity contribution is -0.111. The van der Waals surface area contributed by atoms with Crippen LogP contribution < -0.4 is 24.6 Å². The second kappa shape index (κ2) is 13.2. The van der Waals surface area contributed by atoms with E-state index in [0.717, 1.165) is 74.9 Å². The van der Waals surface area contributed by atoms with Gasteiger partial charge in [-0.3, -0.25) is 4.79 Å². The van der Waals surface area contributed by atoms with Gasteiger partial charge in [-0.05, 0) is 48.4 Å². The molecular weight excluding hydrogens is 458 g/mol. The summed E-state index contributed by atoms with van der Waals surface area (Å²) in [5, 5.41) is 3.08. The van der Waals surface area contributed by atoms with Crippen LogP contribution in [-0.2, 0) is 14.3 Å². The molecule has 0 aromatic heterocycles. The summed E-state index contributed by atoms with van der Waals surface area (Å²) in [5.74, 6) is 1.18. The summed E-state index contributed by atoms with van der Waals surface area (Å²) in [6.07, 6.45) is 5.39. The van der Waals surface area contributed by atoms with E-state index in [1.807, 2.05) is 24.3 Å². The summed E-state index contributed by atoms with van der Waals surface area (Å²) < 4.78 is 22.3. The van der Waals surface area contributed by atoms with Crippen LogP contribution in [-0.4, -0.2) is 72.2 Å². The number of hydrogen-bond donors (Lipinski definition) is 1. The first kappa shape index (κ1) is 25.9. The van der Waals surface area contributed by atoms with Gasteiger partial charge in [0, 0.05) is 37.9 Å². The molecule has 2 aromatic rings. The number of hydrogen-bond acceptors (Lipinski definition) is 7. The number of methoxy groups -OCH3 is 1. The van der Waals surface area contributed by atoms with Gasteiger partial charge in [0.1, 0.15) is 0 Å². The Bertz CT molecular complexity index is 1030. The third kappa shape index (κ3) is 6.92. The number of morpholine rings is 2. The van der Waals surface area contributed by atoms with Crippen LogP contribution in [0.2, 0.25) is 0 Å². The molecule has 4 rings (SSSR count). The minimum absolute atomic E-state index is 0.189. The molecule has 0 bridgehead atoms. The molecule has 0 spiro atoms. The van der Waals surface area contributed by atoms with E-state index >= 15 is 0 Å². The van der Waals surface area contributed by atoms with E-state index < -0.39 is 0 Å². The fourth-order valence-corrected chi connectivity index (χ4v) is 4.29. The number of carbonyl (C=O) groups excluding carboxylic acids is 1. The maximum Gasteiger partial charge on any atom is 0.248 e. The molecule has 8 nitrogen and oxygen atoms in total. The topological polar surface area (TPSA) is 72.5 Å². The molecule has 1 N–H and O–H groups in total. The largest absolute Gasteiger partial charge is 0.493 e. The third-order valence-corrected chi connectivity index (χ3v) is 6.34. The number of ether oxygens (including phenoxy) is 4. The lowest BCUT2D eigenvalue weighted by Gasteiger charge is -2.33. The third-order valence-electron chi connectivity index (χ3n) is 6.34. The molecule has 0 saturated carbocycles. The standard InChI is InChI=1S/C28H37N3O5/c1-3-4-15-36-26-9-5-22(20-27(26)33-2)6-10-28(32)29-24-8-7-23(30-11-16-34-17-12-30)21-25(24)31-13-18-35-19-14-31/h5-10,20-21H,3-4,11-19H2,1-2H3,(H,29,32)/b10-6+. The molecule has 8 heteroatoms. The highest BCUT2D eigenvalue weighted by Crippen LogP contribution is 2.32. The fraction of sp³-hybridized carbons (Fsp3) is 0.464. The van der Waals surface area contributed by atoms with Crippen LogP contribution in [0.15, 0.2) is 42.5 Å². The molecule has 2 aromatic carbocycles. The zero-order valence-electron chi connectivity index (χ0n) is 21.3. The van der Waals surface area contributed by atoms with Crippen molar-refractivity contribution in [3.8, 4) is 11.5 Å². The molecule has 2 fully saturated rings. The number of carbonyl (C=O) groups is 1. The van der Waals surface area contributed by atoms with Gasteiger partial charge in [0.05, 0.1) is 51.5 Å². The Balaban J connectivity index is 1.47. The Morgan fingerprint density at radius 2 is 1.69 bits per heavy atom. The van der Waals surface area contributed by atoms with Crippen molar-refractivity contribution in [3.05, 3.63) is 48.0 Å². The zero-order valence-corrected chi connectivity index (χ0v) is 21.3. The Morgan fingerprint density at radius 1 is 0.972 bits per heavy atom. The minimum Gasteiger partial charge on any atom is -0.493 e. The van der Waals surface area contributed by atoms with E-state index in [9.17, 15) is 4.79 Å². The molecule has 194 valence electrons. The van der Waals surface area contributed by atoms with E-state index in [-0.39, 0.29) is 5.91 Å². The van der Waals surface area contributed by atoms with E-state index in [1.165, 1.54) is 0 Å². The van der Waals surface area contributed by atoms with Crippen molar-refractivity contribution in [1.82, 2.24) is 0 Å². The molecule has 0 unspecified atom stereocenters. The van der Waals surface area contributed by atoms with Crippen LogP contribution in [0.3, 0.4) is 0 Å². The predicted octanol–water partition coefficient (Wildman–Crippen LogP) is 4.20. The highest BCUT2D eigenvalue weighted by Gasteiger charge is 2.19. The molecule has 0 radical (unpaired) electrons. The first-order valence-corrected chi connectivity index (χ1v) is 12.8. The Kier molecular flexibility index (Phi) is 9.47. The average molecular weight is 496 g/mol. The van der Waals surface area contributed by atoms with Crippen LogP contribution >= 0.6 is 0 Å². The normalized spacial score (nSPS) is 16.3. The monoisotopic (exact) mass is 495 g/mol. The number of benzene rings is 2. The van der Waals surface area contributed by atoms with Gasteiger partial charge >= 0.3 is 0 Å². The van der Waals surface area contributed by atoms with Crippen molar-refractivity contribution in [3.63, 3.8) is 0 Å². The SMILES string of the molecule is CCCCOc1ccc(/C=C/C(=O)Nc2ccc(N3CCOCC3)cc2N2CCOCC2)cc1OC. The maximum absolute atomic E-state index is 12.9. The smallest absolute Gasteiger partial charge is 0.248 e. The number of unbranched alkanes of at least 4 members (excludes halogenated alkanes) is 1. The summed E-state index contributed by atoms with van der Waals surface area (Å²) in [5.41, 5.74) is 3.81.